The van der Waals surface area contributed by atoms with Gasteiger partial charge in [-0.2, -0.15) is 0 Å². The summed E-state index contributed by atoms with van der Waals surface area (Å²) in [5.74, 6) is 0.683. The summed E-state index contributed by atoms with van der Waals surface area (Å²) in [6.07, 6.45) is 1.22. The minimum Gasteiger partial charge on any atom is -0.304 e. The summed E-state index contributed by atoms with van der Waals surface area (Å²) in [7, 11) is 2.21. The molecule has 1 aliphatic rings. The van der Waals surface area contributed by atoms with Crippen LogP contribution in [0.4, 0.5) is 0 Å². The summed E-state index contributed by atoms with van der Waals surface area (Å²) < 4.78 is 0. The van der Waals surface area contributed by atoms with Gasteiger partial charge in [0.15, 0.2) is 0 Å². The van der Waals surface area contributed by atoms with Gasteiger partial charge in [-0.05, 0) is 30.5 Å². The molecule has 0 N–H and O–H groups in total. The van der Waals surface area contributed by atoms with Gasteiger partial charge in [0.1, 0.15) is 0 Å². The Morgan fingerprint density at radius 2 is 1.67 bits per heavy atom. The van der Waals surface area contributed by atoms with Gasteiger partial charge in [-0.25, -0.2) is 0 Å². The first-order valence-corrected chi connectivity index (χ1v) is 7.18. The lowest BCUT2D eigenvalue weighted by atomic mass is 9.97. The van der Waals surface area contributed by atoms with Crippen LogP contribution in [-0.4, -0.2) is 43.0 Å². The third kappa shape index (κ3) is 3.56. The summed E-state index contributed by atoms with van der Waals surface area (Å²) in [6.45, 7) is 10.5. The Bertz CT molecular complexity index is 350. The van der Waals surface area contributed by atoms with Crippen LogP contribution in [0.3, 0.4) is 0 Å². The zero-order valence-corrected chi connectivity index (χ0v) is 12.0. The Morgan fingerprint density at radius 1 is 1.06 bits per heavy atom. The number of likely N-dealkylation sites (N-methyl/N-ethyl adjacent to an activating group) is 1. The Balaban J connectivity index is 1.90. The largest absolute Gasteiger partial charge is 0.304 e. The lowest BCUT2D eigenvalue weighted by molar-refractivity contribution is 0.148. The molecule has 100 valence electrons. The molecule has 1 saturated heterocycles. The molecule has 1 fully saturated rings. The van der Waals surface area contributed by atoms with Crippen molar-refractivity contribution >= 4 is 0 Å². The maximum Gasteiger partial charge on any atom is 0.0234 e. The highest BCUT2D eigenvalue weighted by molar-refractivity contribution is 5.25. The van der Waals surface area contributed by atoms with Crippen molar-refractivity contribution in [2.24, 2.45) is 0 Å². The van der Waals surface area contributed by atoms with E-state index < -0.39 is 0 Å². The molecule has 0 amide bonds. The zero-order valence-electron chi connectivity index (χ0n) is 12.0. The molecule has 2 heteroatoms. The fraction of sp³-hybridized carbons (Fsp3) is 0.625. The number of piperazine rings is 1. The molecule has 18 heavy (non-hydrogen) atoms. The molecule has 1 aromatic rings. The quantitative estimate of drug-likeness (QED) is 0.806. The maximum atomic E-state index is 2.55. The zero-order chi connectivity index (χ0) is 13.0. The van der Waals surface area contributed by atoms with Gasteiger partial charge in [-0.15, -0.1) is 0 Å². The smallest absolute Gasteiger partial charge is 0.0234 e. The van der Waals surface area contributed by atoms with Gasteiger partial charge in [-0.1, -0.05) is 38.1 Å². The molecule has 0 aromatic heterocycles. The van der Waals surface area contributed by atoms with E-state index in [4.69, 9.17) is 0 Å². The summed E-state index contributed by atoms with van der Waals surface area (Å²) in [4.78, 5) is 4.96. The minimum absolute atomic E-state index is 0.683. The Hall–Kier alpha value is -0.860. The van der Waals surface area contributed by atoms with Gasteiger partial charge >= 0.3 is 0 Å². The third-order valence-corrected chi connectivity index (χ3v) is 4.16. The van der Waals surface area contributed by atoms with E-state index in [9.17, 15) is 0 Å². The lowest BCUT2D eigenvalue weighted by Gasteiger charge is -2.32. The first-order valence-electron chi connectivity index (χ1n) is 7.18. The van der Waals surface area contributed by atoms with Crippen molar-refractivity contribution in [2.45, 2.75) is 32.7 Å². The van der Waals surface area contributed by atoms with Crippen LogP contribution < -0.4 is 0 Å². The van der Waals surface area contributed by atoms with Gasteiger partial charge in [0.2, 0.25) is 0 Å². The molecule has 0 bridgehead atoms. The van der Waals surface area contributed by atoms with Crippen LogP contribution in [0.25, 0.3) is 0 Å². The molecule has 1 heterocycles. The molecule has 0 spiro atoms. The molecule has 0 aliphatic carbocycles. The fourth-order valence-electron chi connectivity index (χ4n) is 2.45. The number of hydrogen-bond donors (Lipinski definition) is 0. The molecule has 1 atom stereocenters. The van der Waals surface area contributed by atoms with E-state index in [-0.39, 0.29) is 0 Å². The third-order valence-electron chi connectivity index (χ3n) is 4.16. The molecule has 1 aliphatic heterocycles. The number of nitrogens with zero attached hydrogens (tertiary/aromatic N) is 2. The van der Waals surface area contributed by atoms with E-state index in [0.29, 0.717) is 5.92 Å². The highest BCUT2D eigenvalue weighted by Gasteiger charge is 2.13. The second-order valence-electron chi connectivity index (χ2n) is 5.63. The van der Waals surface area contributed by atoms with Crippen LogP contribution in [0.1, 0.15) is 37.3 Å². The lowest BCUT2D eigenvalue weighted by Crippen LogP contribution is -2.43. The second-order valence-corrected chi connectivity index (χ2v) is 5.63. The molecule has 2 rings (SSSR count). The molecular formula is C16H26N2. The van der Waals surface area contributed by atoms with E-state index in [2.05, 4.69) is 55.0 Å². The first-order chi connectivity index (χ1) is 8.69. The highest BCUT2D eigenvalue weighted by atomic mass is 15.2. The predicted molar refractivity (Wildman–Crippen MR) is 77.9 cm³/mol. The minimum atomic E-state index is 0.683. The monoisotopic (exact) mass is 246 g/mol. The van der Waals surface area contributed by atoms with Crippen LogP contribution >= 0.6 is 0 Å². The number of benzene rings is 1. The van der Waals surface area contributed by atoms with E-state index >= 15 is 0 Å². The molecule has 1 aromatic carbocycles. The van der Waals surface area contributed by atoms with Crippen molar-refractivity contribution in [2.75, 3.05) is 33.2 Å². The van der Waals surface area contributed by atoms with Crippen molar-refractivity contribution in [1.29, 1.82) is 0 Å². The summed E-state index contributed by atoms with van der Waals surface area (Å²) >= 11 is 0. The van der Waals surface area contributed by atoms with Gasteiger partial charge in [-0.3, -0.25) is 4.90 Å². The SMILES string of the molecule is CCC(C)c1ccc(CN2CCN(C)CC2)cc1. The molecule has 2 nitrogen and oxygen atoms in total. The predicted octanol–water partition coefficient (Wildman–Crippen LogP) is 2.95. The van der Waals surface area contributed by atoms with Gasteiger partial charge < -0.3 is 4.90 Å². The topological polar surface area (TPSA) is 6.48 Å². The van der Waals surface area contributed by atoms with E-state index in [0.717, 1.165) is 6.54 Å². The van der Waals surface area contributed by atoms with E-state index in [1.54, 1.807) is 0 Å². The summed E-state index contributed by atoms with van der Waals surface area (Å²) in [5.41, 5.74) is 2.92. The average molecular weight is 246 g/mol. The average Bonchev–Trinajstić information content (AvgIpc) is 2.41. The van der Waals surface area contributed by atoms with E-state index in [1.807, 2.05) is 0 Å². The van der Waals surface area contributed by atoms with Crippen LogP contribution in [0.15, 0.2) is 24.3 Å². The van der Waals surface area contributed by atoms with Crippen LogP contribution in [0.5, 0.6) is 0 Å². The normalized spacial score (nSPS) is 19.9. The molecule has 1 unspecified atom stereocenters. The van der Waals surface area contributed by atoms with Crippen molar-refractivity contribution in [3.63, 3.8) is 0 Å². The molecular weight excluding hydrogens is 220 g/mol. The Morgan fingerprint density at radius 3 is 2.22 bits per heavy atom. The summed E-state index contributed by atoms with van der Waals surface area (Å²) in [6, 6.07) is 9.22. The van der Waals surface area contributed by atoms with Crippen molar-refractivity contribution in [3.05, 3.63) is 35.4 Å². The van der Waals surface area contributed by atoms with Gasteiger partial charge in [0, 0.05) is 32.7 Å². The highest BCUT2D eigenvalue weighted by Crippen LogP contribution is 2.19. The summed E-state index contributed by atoms with van der Waals surface area (Å²) in [5, 5.41) is 0. The van der Waals surface area contributed by atoms with E-state index in [1.165, 1.54) is 43.7 Å². The molecule has 0 saturated carbocycles. The van der Waals surface area contributed by atoms with Crippen LogP contribution in [0.2, 0.25) is 0 Å². The maximum absolute atomic E-state index is 2.55. The fourth-order valence-corrected chi connectivity index (χ4v) is 2.45. The number of rotatable bonds is 4. The van der Waals surface area contributed by atoms with Crippen molar-refractivity contribution in [1.82, 2.24) is 9.80 Å². The van der Waals surface area contributed by atoms with Crippen molar-refractivity contribution in [3.8, 4) is 0 Å². The molecule has 0 radical (unpaired) electrons. The van der Waals surface area contributed by atoms with Gasteiger partial charge in [0.25, 0.3) is 0 Å². The van der Waals surface area contributed by atoms with Crippen LogP contribution in [-0.2, 0) is 6.54 Å². The Kier molecular flexibility index (Phi) is 4.79. The second kappa shape index (κ2) is 6.35. The number of hydrogen-bond acceptors (Lipinski definition) is 2. The Labute approximate surface area is 112 Å². The van der Waals surface area contributed by atoms with Crippen molar-refractivity contribution < 1.29 is 0 Å². The first kappa shape index (κ1) is 13.6. The van der Waals surface area contributed by atoms with Gasteiger partial charge in [0.05, 0.1) is 0 Å². The standard InChI is InChI=1S/C16H26N2/c1-4-14(2)16-7-5-15(6-8-16)13-18-11-9-17(3)10-12-18/h5-8,14H,4,9-13H2,1-3H3. The van der Waals surface area contributed by atoms with Crippen LogP contribution in [0, 0.1) is 0 Å².